The summed E-state index contributed by atoms with van der Waals surface area (Å²) in [6.45, 7) is 11.6. The van der Waals surface area contributed by atoms with Crippen molar-refractivity contribution in [2.75, 3.05) is 6.54 Å². The normalized spacial score (nSPS) is 14.2. The first-order chi connectivity index (χ1) is 12.3. The average Bonchev–Trinajstić information content (AvgIpc) is 2.59. The molecule has 0 saturated heterocycles. The van der Waals surface area contributed by atoms with Gasteiger partial charge in [-0.05, 0) is 70.8 Å². The van der Waals surface area contributed by atoms with E-state index in [4.69, 9.17) is 0 Å². The topological polar surface area (TPSA) is 43.7 Å². The molecule has 0 aliphatic carbocycles. The molecule has 0 radical (unpaired) electrons. The zero-order valence-corrected chi connectivity index (χ0v) is 16.7. The van der Waals surface area contributed by atoms with Crippen molar-refractivity contribution in [3.63, 3.8) is 0 Å². The number of benzene rings is 2. The van der Waals surface area contributed by atoms with Crippen molar-refractivity contribution in [1.82, 2.24) is 4.90 Å². The Kier molecular flexibility index (Phi) is 7.24. The van der Waals surface area contributed by atoms with Gasteiger partial charge in [0.15, 0.2) is 0 Å². The van der Waals surface area contributed by atoms with Gasteiger partial charge in [-0.25, -0.2) is 0 Å². The van der Waals surface area contributed by atoms with Crippen molar-refractivity contribution < 1.29 is 10.2 Å². The van der Waals surface area contributed by atoms with Gasteiger partial charge in [-0.15, -0.1) is 0 Å². The first-order valence-electron chi connectivity index (χ1n) is 9.62. The number of aromatic hydroxyl groups is 1. The molecule has 0 aliphatic heterocycles. The van der Waals surface area contributed by atoms with E-state index >= 15 is 0 Å². The number of phenols is 1. The lowest BCUT2D eigenvalue weighted by Crippen LogP contribution is -2.38. The highest BCUT2D eigenvalue weighted by molar-refractivity contribution is 5.44. The zero-order valence-electron chi connectivity index (χ0n) is 16.7. The van der Waals surface area contributed by atoms with Crippen LogP contribution < -0.4 is 0 Å². The van der Waals surface area contributed by atoms with Gasteiger partial charge in [0.25, 0.3) is 0 Å². The predicted molar refractivity (Wildman–Crippen MR) is 109 cm³/mol. The maximum atomic E-state index is 10.5. The first kappa shape index (κ1) is 20.5. The quantitative estimate of drug-likeness (QED) is 0.693. The van der Waals surface area contributed by atoms with E-state index in [1.54, 1.807) is 19.1 Å². The van der Waals surface area contributed by atoms with Gasteiger partial charge < -0.3 is 10.2 Å². The van der Waals surface area contributed by atoms with Crippen LogP contribution in [0, 0.1) is 0 Å². The minimum absolute atomic E-state index is 0.0925. The van der Waals surface area contributed by atoms with Gasteiger partial charge >= 0.3 is 0 Å². The highest BCUT2D eigenvalue weighted by Gasteiger charge is 2.22. The molecule has 0 heterocycles. The molecule has 0 amide bonds. The molecular formula is C23H33NO2. The molecule has 142 valence electrons. The van der Waals surface area contributed by atoms with E-state index in [2.05, 4.69) is 44.7 Å². The molecule has 3 nitrogen and oxygen atoms in total. The Morgan fingerprint density at radius 1 is 0.846 bits per heavy atom. The molecule has 3 heteroatoms. The summed E-state index contributed by atoms with van der Waals surface area (Å²) in [6.07, 6.45) is 0.366. The highest BCUT2D eigenvalue weighted by Crippen LogP contribution is 2.36. The van der Waals surface area contributed by atoms with E-state index < -0.39 is 6.10 Å². The minimum atomic E-state index is -0.548. The summed E-state index contributed by atoms with van der Waals surface area (Å²) in [4.78, 5) is 2.48. The molecule has 1 unspecified atom stereocenters. The Bertz CT molecular complexity index is 672. The van der Waals surface area contributed by atoms with E-state index in [-0.39, 0.29) is 5.92 Å². The Morgan fingerprint density at radius 2 is 1.46 bits per heavy atom. The van der Waals surface area contributed by atoms with Crippen molar-refractivity contribution in [2.45, 2.75) is 65.1 Å². The monoisotopic (exact) mass is 355 g/mol. The van der Waals surface area contributed by atoms with Crippen LogP contribution in [0.1, 0.15) is 69.8 Å². The maximum Gasteiger partial charge on any atom is 0.119 e. The minimum Gasteiger partial charge on any atom is -0.508 e. The van der Waals surface area contributed by atoms with E-state index in [0.717, 1.165) is 24.1 Å². The molecule has 0 spiro atoms. The van der Waals surface area contributed by atoms with E-state index in [1.165, 1.54) is 5.56 Å². The highest BCUT2D eigenvalue weighted by atomic mass is 16.3. The summed E-state index contributed by atoms with van der Waals surface area (Å²) in [5.41, 5.74) is 2.92. The van der Waals surface area contributed by atoms with Crippen LogP contribution in [0.15, 0.2) is 48.5 Å². The number of hydrogen-bond donors (Lipinski definition) is 2. The fraction of sp³-hybridized carbons (Fsp3) is 0.478. The smallest absolute Gasteiger partial charge is 0.119 e. The van der Waals surface area contributed by atoms with Crippen LogP contribution in [0.3, 0.4) is 0 Å². The molecule has 0 aromatic heterocycles. The third-order valence-corrected chi connectivity index (χ3v) is 5.11. The second-order valence-electron chi connectivity index (χ2n) is 7.67. The Labute approximate surface area is 158 Å². The molecule has 0 saturated carbocycles. The fourth-order valence-corrected chi connectivity index (χ4v) is 3.69. The van der Waals surface area contributed by atoms with Gasteiger partial charge in [-0.2, -0.15) is 0 Å². The van der Waals surface area contributed by atoms with Crippen LogP contribution in [-0.4, -0.2) is 33.7 Å². The Balaban J connectivity index is 2.38. The molecule has 0 aliphatic rings. The third-order valence-electron chi connectivity index (χ3n) is 5.11. The van der Waals surface area contributed by atoms with E-state index in [9.17, 15) is 10.2 Å². The molecule has 2 rings (SSSR count). The summed E-state index contributed by atoms with van der Waals surface area (Å²) in [5, 5.41) is 20.5. The summed E-state index contributed by atoms with van der Waals surface area (Å²) in [6, 6.07) is 16.7. The number of phenolic OH excluding ortho intramolecular Hbond substituents is 1. The van der Waals surface area contributed by atoms with Gasteiger partial charge in [0, 0.05) is 23.6 Å². The van der Waals surface area contributed by atoms with Crippen LogP contribution in [0.2, 0.25) is 0 Å². The summed E-state index contributed by atoms with van der Waals surface area (Å²) >= 11 is 0. The first-order valence-corrected chi connectivity index (χ1v) is 9.62. The van der Waals surface area contributed by atoms with Crippen molar-refractivity contribution >= 4 is 0 Å². The van der Waals surface area contributed by atoms with Crippen molar-refractivity contribution in [3.8, 4) is 5.75 Å². The molecule has 2 atom stereocenters. The van der Waals surface area contributed by atoms with Crippen molar-refractivity contribution in [3.05, 3.63) is 65.2 Å². The molecule has 2 aromatic carbocycles. The van der Waals surface area contributed by atoms with Crippen molar-refractivity contribution in [1.29, 1.82) is 0 Å². The van der Waals surface area contributed by atoms with Crippen LogP contribution in [-0.2, 0) is 0 Å². The molecule has 2 aromatic rings. The SMILES string of the molecule is CC(O)c1ccc(O)c([C@H](CCN(C(C)C)C(C)C)c2ccccc2)c1. The molecule has 26 heavy (non-hydrogen) atoms. The summed E-state index contributed by atoms with van der Waals surface area (Å²) < 4.78 is 0. The van der Waals surface area contributed by atoms with Crippen LogP contribution in [0.5, 0.6) is 5.75 Å². The lowest BCUT2D eigenvalue weighted by molar-refractivity contribution is 0.170. The number of hydrogen-bond acceptors (Lipinski definition) is 3. The third kappa shape index (κ3) is 5.09. The van der Waals surface area contributed by atoms with Crippen LogP contribution in [0.4, 0.5) is 0 Å². The Hall–Kier alpha value is -1.84. The molecular weight excluding hydrogens is 322 g/mol. The lowest BCUT2D eigenvalue weighted by atomic mass is 9.86. The standard InChI is InChI=1S/C23H33NO2/c1-16(2)24(17(3)4)14-13-21(19-9-7-6-8-10-19)22-15-20(18(5)25)11-12-23(22)26/h6-12,15-18,21,25-26H,13-14H2,1-5H3/t18?,21-/m1/s1. The molecule has 2 N–H and O–H groups in total. The number of aliphatic hydroxyl groups excluding tert-OH is 1. The number of nitrogens with zero attached hydrogens (tertiary/aromatic N) is 1. The molecule has 0 fully saturated rings. The van der Waals surface area contributed by atoms with Crippen LogP contribution >= 0.6 is 0 Å². The second kappa shape index (κ2) is 9.20. The Morgan fingerprint density at radius 3 is 2.00 bits per heavy atom. The maximum absolute atomic E-state index is 10.5. The second-order valence-corrected chi connectivity index (χ2v) is 7.67. The lowest BCUT2D eigenvalue weighted by Gasteiger charge is -2.32. The average molecular weight is 356 g/mol. The summed E-state index contributed by atoms with van der Waals surface area (Å²) in [5.74, 6) is 0.388. The van der Waals surface area contributed by atoms with E-state index in [0.29, 0.717) is 17.8 Å². The number of rotatable bonds is 8. The summed E-state index contributed by atoms with van der Waals surface area (Å²) in [7, 11) is 0. The fourth-order valence-electron chi connectivity index (χ4n) is 3.69. The van der Waals surface area contributed by atoms with Gasteiger partial charge in [-0.3, -0.25) is 4.90 Å². The molecule has 0 bridgehead atoms. The number of aliphatic hydroxyl groups is 1. The van der Waals surface area contributed by atoms with E-state index in [1.807, 2.05) is 24.3 Å². The van der Waals surface area contributed by atoms with Gasteiger partial charge in [0.1, 0.15) is 5.75 Å². The zero-order chi connectivity index (χ0) is 19.3. The van der Waals surface area contributed by atoms with Gasteiger partial charge in [0.05, 0.1) is 6.10 Å². The van der Waals surface area contributed by atoms with Crippen molar-refractivity contribution in [2.24, 2.45) is 0 Å². The van der Waals surface area contributed by atoms with Crippen LogP contribution in [0.25, 0.3) is 0 Å². The van der Waals surface area contributed by atoms with Gasteiger partial charge in [-0.1, -0.05) is 36.4 Å². The largest absolute Gasteiger partial charge is 0.508 e. The van der Waals surface area contributed by atoms with Gasteiger partial charge in [0.2, 0.25) is 0 Å². The predicted octanol–water partition coefficient (Wildman–Crippen LogP) is 5.09.